The Balaban J connectivity index is 2.33. The van der Waals surface area contributed by atoms with E-state index in [0.29, 0.717) is 5.37 Å². The van der Waals surface area contributed by atoms with E-state index in [0.717, 1.165) is 13.0 Å². The minimum Gasteiger partial charge on any atom is -0.392 e. The normalized spacial score (nSPS) is 33.7. The summed E-state index contributed by atoms with van der Waals surface area (Å²) in [5.74, 6) is 2.39. The van der Waals surface area contributed by atoms with Crippen molar-refractivity contribution in [3.8, 4) is 0 Å². The lowest BCUT2D eigenvalue weighted by Crippen LogP contribution is -2.24. The van der Waals surface area contributed by atoms with E-state index in [-0.39, 0.29) is 16.0 Å². The Bertz CT molecular complexity index is 158. The Morgan fingerprint density at radius 1 is 1.69 bits per heavy atom. The summed E-state index contributed by atoms with van der Waals surface area (Å²) in [5, 5.41) is 10.0. The number of rotatable bonds is 4. The van der Waals surface area contributed by atoms with E-state index in [9.17, 15) is 5.11 Å². The Labute approximate surface area is 92.6 Å². The molecule has 0 saturated carbocycles. The Morgan fingerprint density at radius 3 is 2.85 bits per heavy atom. The van der Waals surface area contributed by atoms with Gasteiger partial charge in [-0.25, -0.2) is 0 Å². The van der Waals surface area contributed by atoms with E-state index in [2.05, 4.69) is 29.9 Å². The maximum atomic E-state index is 9.47. The predicted molar refractivity (Wildman–Crippen MR) is 68.3 cm³/mol. The number of likely N-dealkylation sites (tertiary alicyclic amines) is 1. The zero-order valence-corrected chi connectivity index (χ0v) is 10.8. The van der Waals surface area contributed by atoms with Crippen molar-refractivity contribution < 1.29 is 5.11 Å². The van der Waals surface area contributed by atoms with Crippen LogP contribution >= 0.6 is 33.3 Å². The van der Waals surface area contributed by atoms with Gasteiger partial charge in [0, 0.05) is 17.7 Å². The molecule has 1 rings (SSSR count). The van der Waals surface area contributed by atoms with Gasteiger partial charge in [-0.15, -0.1) is 11.7 Å². The SMILES string of the molecule is CSCC[SH](S)C1CC(O)CN1C. The van der Waals surface area contributed by atoms with Crippen molar-refractivity contribution in [2.24, 2.45) is 0 Å². The van der Waals surface area contributed by atoms with Gasteiger partial charge in [-0.3, -0.25) is 4.90 Å². The molecule has 3 unspecified atom stereocenters. The van der Waals surface area contributed by atoms with Crippen LogP contribution in [-0.2, 0) is 0 Å². The lowest BCUT2D eigenvalue weighted by atomic mass is 10.3. The third-order valence-corrected chi connectivity index (χ3v) is 6.65. The van der Waals surface area contributed by atoms with Gasteiger partial charge in [0.05, 0.1) is 6.10 Å². The molecule has 1 aliphatic heterocycles. The maximum Gasteiger partial charge on any atom is 0.0690 e. The smallest absolute Gasteiger partial charge is 0.0690 e. The summed E-state index contributed by atoms with van der Waals surface area (Å²) >= 11 is 6.53. The number of β-amino-alcohol motifs (C(OH)–C–C–N with tert-alkyl or cyclic N) is 1. The van der Waals surface area contributed by atoms with Crippen LogP contribution in [0.3, 0.4) is 0 Å². The lowest BCUT2D eigenvalue weighted by molar-refractivity contribution is 0.182. The molecular weight excluding hydrogens is 222 g/mol. The van der Waals surface area contributed by atoms with Crippen LogP contribution in [0.15, 0.2) is 0 Å². The third-order valence-electron chi connectivity index (χ3n) is 2.36. The molecule has 0 amide bonds. The van der Waals surface area contributed by atoms with Crippen LogP contribution in [0.25, 0.3) is 0 Å². The summed E-state index contributed by atoms with van der Waals surface area (Å²) in [6.45, 7) is 0.823. The van der Waals surface area contributed by atoms with Gasteiger partial charge in [-0.05, 0) is 25.5 Å². The third kappa shape index (κ3) is 3.55. The highest BCUT2D eigenvalue weighted by Crippen LogP contribution is 2.42. The fraction of sp³-hybridized carbons (Fsp3) is 1.00. The largest absolute Gasteiger partial charge is 0.392 e. The van der Waals surface area contributed by atoms with Crippen LogP contribution in [0.1, 0.15) is 6.42 Å². The van der Waals surface area contributed by atoms with E-state index in [1.54, 1.807) is 0 Å². The number of aliphatic hydroxyl groups is 1. The van der Waals surface area contributed by atoms with E-state index in [1.165, 1.54) is 11.5 Å². The topological polar surface area (TPSA) is 23.5 Å². The summed E-state index contributed by atoms with van der Waals surface area (Å²) in [6, 6.07) is 0. The van der Waals surface area contributed by atoms with Crippen LogP contribution in [0.5, 0.6) is 0 Å². The average molecular weight is 241 g/mol. The number of aliphatic hydroxyl groups excluding tert-OH is 1. The summed E-state index contributed by atoms with van der Waals surface area (Å²) in [7, 11) is 1.87. The molecule has 1 N–H and O–H groups in total. The number of nitrogens with zero attached hydrogens (tertiary/aromatic N) is 1. The monoisotopic (exact) mass is 241 g/mol. The van der Waals surface area contributed by atoms with E-state index in [4.69, 9.17) is 0 Å². The van der Waals surface area contributed by atoms with Gasteiger partial charge in [0.2, 0.25) is 0 Å². The van der Waals surface area contributed by atoms with Crippen LogP contribution in [0.4, 0.5) is 0 Å². The van der Waals surface area contributed by atoms with Crippen molar-refractivity contribution in [2.75, 3.05) is 31.4 Å². The van der Waals surface area contributed by atoms with Crippen LogP contribution < -0.4 is 0 Å². The molecule has 80 valence electrons. The number of thioether (sulfide) groups is 1. The van der Waals surface area contributed by atoms with Crippen molar-refractivity contribution in [1.82, 2.24) is 4.90 Å². The Hall–Kier alpha value is 0.970. The maximum absolute atomic E-state index is 9.47. The molecule has 1 aliphatic rings. The molecule has 1 saturated heterocycles. The van der Waals surface area contributed by atoms with Crippen molar-refractivity contribution in [3.05, 3.63) is 0 Å². The van der Waals surface area contributed by atoms with E-state index in [1.807, 2.05) is 11.8 Å². The molecule has 0 radical (unpaired) electrons. The second kappa shape index (κ2) is 5.75. The molecule has 0 aliphatic carbocycles. The first-order valence-electron chi connectivity index (χ1n) is 4.48. The zero-order valence-electron chi connectivity index (χ0n) is 8.18. The van der Waals surface area contributed by atoms with Gasteiger partial charge in [-0.1, -0.05) is 0 Å². The molecule has 3 atom stereocenters. The van der Waals surface area contributed by atoms with Gasteiger partial charge in [0.1, 0.15) is 0 Å². The molecule has 2 nitrogen and oxygen atoms in total. The number of likely N-dealkylation sites (N-methyl/N-ethyl adjacent to an activating group) is 1. The van der Waals surface area contributed by atoms with Crippen molar-refractivity contribution >= 4 is 33.3 Å². The van der Waals surface area contributed by atoms with Crippen LogP contribution in [-0.4, -0.2) is 52.8 Å². The summed E-state index contributed by atoms with van der Waals surface area (Å²) in [4.78, 5) is 2.25. The van der Waals surface area contributed by atoms with E-state index < -0.39 is 0 Å². The highest BCUT2D eigenvalue weighted by atomic mass is 33.1. The van der Waals surface area contributed by atoms with Gasteiger partial charge >= 0.3 is 0 Å². The first kappa shape index (κ1) is 12.0. The number of thiol groups is 2. The summed E-state index contributed by atoms with van der Waals surface area (Å²) in [6.07, 6.45) is 2.92. The van der Waals surface area contributed by atoms with Gasteiger partial charge in [0.15, 0.2) is 0 Å². The Morgan fingerprint density at radius 2 is 2.38 bits per heavy atom. The number of hydrogen-bond acceptors (Lipinski definition) is 4. The standard InChI is InChI=1S/C8H19NOS3/c1-9-6-7(10)5-8(9)13(11)4-3-12-2/h7-8,10-11,13H,3-6H2,1-2H3. The first-order valence-corrected chi connectivity index (χ1v) is 8.62. The fourth-order valence-electron chi connectivity index (χ4n) is 1.63. The van der Waals surface area contributed by atoms with Crippen molar-refractivity contribution in [2.45, 2.75) is 17.9 Å². The molecule has 0 aromatic carbocycles. The van der Waals surface area contributed by atoms with Gasteiger partial charge in [-0.2, -0.15) is 21.7 Å². The molecule has 0 aromatic rings. The number of hydrogen-bond donors (Lipinski definition) is 3. The molecule has 0 spiro atoms. The first-order chi connectivity index (χ1) is 6.15. The van der Waals surface area contributed by atoms with Gasteiger partial charge in [0.25, 0.3) is 0 Å². The highest BCUT2D eigenvalue weighted by Gasteiger charge is 2.30. The van der Waals surface area contributed by atoms with Crippen molar-refractivity contribution in [1.29, 1.82) is 0 Å². The Kier molecular flexibility index (Phi) is 5.33. The van der Waals surface area contributed by atoms with Crippen LogP contribution in [0.2, 0.25) is 0 Å². The molecule has 1 heterocycles. The quantitative estimate of drug-likeness (QED) is 0.509. The molecule has 0 aromatic heterocycles. The molecule has 1 fully saturated rings. The fourth-order valence-corrected chi connectivity index (χ4v) is 5.99. The lowest BCUT2D eigenvalue weighted by Gasteiger charge is -2.28. The van der Waals surface area contributed by atoms with Crippen LogP contribution in [0, 0.1) is 0 Å². The van der Waals surface area contributed by atoms with Gasteiger partial charge < -0.3 is 5.11 Å². The second-order valence-electron chi connectivity index (χ2n) is 3.47. The minimum atomic E-state index is -0.214. The highest BCUT2D eigenvalue weighted by molar-refractivity contribution is 8.78. The zero-order chi connectivity index (χ0) is 9.84. The molecule has 0 bridgehead atoms. The average Bonchev–Trinajstić information content (AvgIpc) is 2.41. The second-order valence-corrected chi connectivity index (χ2v) is 7.91. The summed E-state index contributed by atoms with van der Waals surface area (Å²) < 4.78 is 0. The molecule has 5 heteroatoms. The van der Waals surface area contributed by atoms with Crippen molar-refractivity contribution in [3.63, 3.8) is 0 Å². The minimum absolute atomic E-state index is 0.124. The summed E-state index contributed by atoms with van der Waals surface area (Å²) in [5.41, 5.74) is 0. The molecular formula is C8H19NOS3. The molecule has 13 heavy (non-hydrogen) atoms. The predicted octanol–water partition coefficient (Wildman–Crippen LogP) is 1.22. The van der Waals surface area contributed by atoms with E-state index >= 15 is 0 Å².